The Hall–Kier alpha value is -2.50. The number of nitrogens with one attached hydrogen (secondary N) is 1. The maximum absolute atomic E-state index is 12.3. The number of amides is 1. The number of benzene rings is 1. The zero-order valence-corrected chi connectivity index (χ0v) is 15.7. The third kappa shape index (κ3) is 2.83. The number of aromatic nitrogens is 2. The second-order valence-corrected chi connectivity index (χ2v) is 7.14. The Labute approximate surface area is 154 Å². The molecule has 1 N–H and O–H groups in total. The number of anilines is 2. The van der Waals surface area contributed by atoms with Gasteiger partial charge < -0.3 is 15.0 Å². The maximum atomic E-state index is 12.3. The van der Waals surface area contributed by atoms with Gasteiger partial charge in [0, 0.05) is 55.5 Å². The Morgan fingerprint density at radius 1 is 1.27 bits per heavy atom. The van der Waals surface area contributed by atoms with Gasteiger partial charge in [0.1, 0.15) is 5.75 Å². The van der Waals surface area contributed by atoms with Crippen LogP contribution < -0.4 is 15.0 Å². The van der Waals surface area contributed by atoms with Gasteiger partial charge in [0.25, 0.3) is 0 Å². The molecule has 138 valence electrons. The third-order valence-electron chi connectivity index (χ3n) is 5.52. The second kappa shape index (κ2) is 6.67. The van der Waals surface area contributed by atoms with Crippen molar-refractivity contribution in [1.29, 1.82) is 0 Å². The summed E-state index contributed by atoms with van der Waals surface area (Å²) < 4.78 is 7.58. The lowest BCUT2D eigenvalue weighted by Crippen LogP contribution is -2.25. The number of carbonyl (C=O) groups is 1. The van der Waals surface area contributed by atoms with Gasteiger partial charge in [-0.3, -0.25) is 9.48 Å². The van der Waals surface area contributed by atoms with Crippen molar-refractivity contribution < 1.29 is 9.53 Å². The number of nitrogens with zero attached hydrogens (tertiary/aromatic N) is 3. The number of aryl methyl sites for hydroxylation is 2. The molecule has 1 fully saturated rings. The maximum Gasteiger partial charge on any atom is 0.225 e. The van der Waals surface area contributed by atoms with E-state index in [4.69, 9.17) is 4.74 Å². The molecule has 2 aromatic rings. The van der Waals surface area contributed by atoms with E-state index in [0.29, 0.717) is 6.42 Å². The molecule has 0 radical (unpaired) electrons. The highest BCUT2D eigenvalue weighted by Gasteiger charge is 2.31. The van der Waals surface area contributed by atoms with Crippen LogP contribution in [0, 0.1) is 6.92 Å². The van der Waals surface area contributed by atoms with Crippen molar-refractivity contribution >= 4 is 17.3 Å². The number of methoxy groups -OCH3 is 1. The molecule has 0 unspecified atom stereocenters. The van der Waals surface area contributed by atoms with E-state index in [0.717, 1.165) is 53.6 Å². The van der Waals surface area contributed by atoms with Crippen LogP contribution >= 0.6 is 0 Å². The minimum Gasteiger partial charge on any atom is -0.495 e. The van der Waals surface area contributed by atoms with Gasteiger partial charge in [-0.1, -0.05) is 0 Å². The molecule has 2 aliphatic heterocycles. The first-order valence-electron chi connectivity index (χ1n) is 9.41. The first kappa shape index (κ1) is 16.9. The Bertz CT molecular complexity index is 837. The molecule has 0 bridgehead atoms. The largest absolute Gasteiger partial charge is 0.495 e. The quantitative estimate of drug-likeness (QED) is 0.915. The van der Waals surface area contributed by atoms with Crippen LogP contribution in [-0.2, 0) is 11.3 Å². The van der Waals surface area contributed by atoms with E-state index in [1.54, 1.807) is 7.11 Å². The molecule has 4 rings (SSSR count). The molecule has 1 aromatic carbocycles. The van der Waals surface area contributed by atoms with Crippen molar-refractivity contribution in [2.75, 3.05) is 30.4 Å². The van der Waals surface area contributed by atoms with E-state index in [-0.39, 0.29) is 11.8 Å². The molecule has 0 saturated carbocycles. The number of hydrogen-bond donors (Lipinski definition) is 1. The fraction of sp³-hybridized carbons (Fsp3) is 0.500. The fourth-order valence-electron chi connectivity index (χ4n) is 4.16. The van der Waals surface area contributed by atoms with Crippen molar-refractivity contribution in [2.24, 2.45) is 0 Å². The molecule has 1 atom stereocenters. The average Bonchev–Trinajstić information content (AvgIpc) is 3.29. The zero-order valence-electron chi connectivity index (χ0n) is 15.7. The van der Waals surface area contributed by atoms with E-state index >= 15 is 0 Å². The van der Waals surface area contributed by atoms with Crippen LogP contribution in [-0.4, -0.2) is 35.9 Å². The highest BCUT2D eigenvalue weighted by Crippen LogP contribution is 2.44. The highest BCUT2D eigenvalue weighted by atomic mass is 16.5. The molecule has 0 spiro atoms. The molecule has 3 heterocycles. The second-order valence-electron chi connectivity index (χ2n) is 7.14. The van der Waals surface area contributed by atoms with Gasteiger partial charge in [0.2, 0.25) is 5.91 Å². The summed E-state index contributed by atoms with van der Waals surface area (Å²) in [5, 5.41) is 7.61. The predicted octanol–water partition coefficient (Wildman–Crippen LogP) is 3.29. The molecule has 1 saturated heterocycles. The molecule has 2 aliphatic rings. The number of ether oxygens (including phenoxy) is 1. The Morgan fingerprint density at radius 3 is 2.69 bits per heavy atom. The first-order chi connectivity index (χ1) is 12.6. The van der Waals surface area contributed by atoms with Crippen LogP contribution in [0.5, 0.6) is 5.75 Å². The lowest BCUT2D eigenvalue weighted by Gasteiger charge is -2.29. The van der Waals surface area contributed by atoms with Crippen LogP contribution in [0.3, 0.4) is 0 Å². The summed E-state index contributed by atoms with van der Waals surface area (Å²) in [6.07, 6.45) is 4.96. The summed E-state index contributed by atoms with van der Waals surface area (Å²) in [5.41, 5.74) is 5.28. The SMILES string of the molecule is CCn1cc([C@H]2CC(=O)Nc3cc(OC)c(N4CCCC4)cc32)c(C)n1. The predicted molar refractivity (Wildman–Crippen MR) is 102 cm³/mol. The van der Waals surface area contributed by atoms with Gasteiger partial charge in [0.05, 0.1) is 18.5 Å². The minimum atomic E-state index is 0.0336. The minimum absolute atomic E-state index is 0.0336. The Morgan fingerprint density at radius 2 is 2.04 bits per heavy atom. The van der Waals surface area contributed by atoms with Gasteiger partial charge in [-0.05, 0) is 38.3 Å². The summed E-state index contributed by atoms with van der Waals surface area (Å²) in [7, 11) is 1.69. The third-order valence-corrected chi connectivity index (χ3v) is 5.52. The van der Waals surface area contributed by atoms with Crippen LogP contribution in [0.2, 0.25) is 0 Å². The number of fused-ring (bicyclic) bond motifs is 1. The Balaban J connectivity index is 1.83. The van der Waals surface area contributed by atoms with Crippen molar-refractivity contribution in [2.45, 2.75) is 45.6 Å². The molecular weight excluding hydrogens is 328 g/mol. The molecule has 0 aliphatic carbocycles. The van der Waals surface area contributed by atoms with E-state index in [2.05, 4.69) is 34.5 Å². The summed E-state index contributed by atoms with van der Waals surface area (Å²) in [5.74, 6) is 0.904. The molecule has 6 nitrogen and oxygen atoms in total. The standard InChI is InChI=1S/C20H26N4O2/c1-4-24-12-16(13(2)22-24)14-10-20(25)21-17-11-19(26-3)18(9-15(14)17)23-7-5-6-8-23/h9,11-12,14H,4-8,10H2,1-3H3,(H,21,25)/t14-/m0/s1. The van der Waals surface area contributed by atoms with Gasteiger partial charge in [0.15, 0.2) is 0 Å². The van der Waals surface area contributed by atoms with Crippen molar-refractivity contribution in [1.82, 2.24) is 9.78 Å². The highest BCUT2D eigenvalue weighted by molar-refractivity contribution is 5.96. The van der Waals surface area contributed by atoms with Crippen molar-refractivity contribution in [3.8, 4) is 5.75 Å². The van der Waals surface area contributed by atoms with Crippen LogP contribution in [0.25, 0.3) is 0 Å². The molecular formula is C20H26N4O2. The Kier molecular flexibility index (Phi) is 4.34. The molecule has 6 heteroatoms. The first-order valence-corrected chi connectivity index (χ1v) is 9.41. The summed E-state index contributed by atoms with van der Waals surface area (Å²) >= 11 is 0. The van der Waals surface area contributed by atoms with Gasteiger partial charge >= 0.3 is 0 Å². The van der Waals surface area contributed by atoms with Crippen molar-refractivity contribution in [3.63, 3.8) is 0 Å². The normalized spacial score (nSPS) is 19.4. The monoisotopic (exact) mass is 354 g/mol. The summed E-state index contributed by atoms with van der Waals surface area (Å²) in [6, 6.07) is 4.19. The lowest BCUT2D eigenvalue weighted by atomic mass is 9.84. The van der Waals surface area contributed by atoms with E-state index in [1.807, 2.05) is 17.7 Å². The number of carbonyl (C=O) groups excluding carboxylic acids is 1. The van der Waals surface area contributed by atoms with Gasteiger partial charge in [-0.15, -0.1) is 0 Å². The summed E-state index contributed by atoms with van der Waals surface area (Å²) in [6.45, 7) is 7.04. The average molecular weight is 354 g/mol. The topological polar surface area (TPSA) is 59.4 Å². The van der Waals surface area contributed by atoms with Crippen molar-refractivity contribution in [3.05, 3.63) is 35.2 Å². The van der Waals surface area contributed by atoms with Crippen LogP contribution in [0.15, 0.2) is 18.3 Å². The van der Waals surface area contributed by atoms with E-state index in [9.17, 15) is 4.79 Å². The lowest BCUT2D eigenvalue weighted by molar-refractivity contribution is -0.116. The molecule has 26 heavy (non-hydrogen) atoms. The molecule has 1 amide bonds. The van der Waals surface area contributed by atoms with E-state index < -0.39 is 0 Å². The number of rotatable bonds is 4. The van der Waals surface area contributed by atoms with Gasteiger partial charge in [-0.2, -0.15) is 5.10 Å². The smallest absolute Gasteiger partial charge is 0.225 e. The summed E-state index contributed by atoms with van der Waals surface area (Å²) in [4.78, 5) is 14.7. The van der Waals surface area contributed by atoms with E-state index in [1.165, 1.54) is 12.8 Å². The molecule has 1 aromatic heterocycles. The zero-order chi connectivity index (χ0) is 18.3. The fourth-order valence-corrected chi connectivity index (χ4v) is 4.16. The number of hydrogen-bond acceptors (Lipinski definition) is 4. The van der Waals surface area contributed by atoms with Crippen LogP contribution in [0.4, 0.5) is 11.4 Å². The van der Waals surface area contributed by atoms with Crippen LogP contribution in [0.1, 0.15) is 48.9 Å². The van der Waals surface area contributed by atoms with Gasteiger partial charge in [-0.25, -0.2) is 0 Å².